The Morgan fingerprint density at radius 2 is 2.33 bits per heavy atom. The minimum absolute atomic E-state index is 0.382. The smallest absolute Gasteiger partial charge is 0.123 e. The normalized spacial score (nSPS) is 22.0. The summed E-state index contributed by atoms with van der Waals surface area (Å²) in [4.78, 5) is 9.47. The van der Waals surface area contributed by atoms with Crippen LogP contribution in [0.1, 0.15) is 18.2 Å². The lowest BCUT2D eigenvalue weighted by Crippen LogP contribution is -2.49. The van der Waals surface area contributed by atoms with Crippen molar-refractivity contribution in [3.8, 4) is 0 Å². The highest BCUT2D eigenvalue weighted by atomic mass is 32.1. The number of pyridine rings is 1. The Labute approximate surface area is 114 Å². The molecule has 2 heterocycles. The summed E-state index contributed by atoms with van der Waals surface area (Å²) in [5.41, 5.74) is 7.60. The molecule has 0 bridgehead atoms. The third kappa shape index (κ3) is 3.04. The Balaban J connectivity index is 2.08. The number of nitrogens with zero attached hydrogens (tertiary/aromatic N) is 3. The molecule has 1 fully saturated rings. The van der Waals surface area contributed by atoms with Crippen LogP contribution >= 0.6 is 12.2 Å². The summed E-state index contributed by atoms with van der Waals surface area (Å²) in [7, 11) is 2.17. The van der Waals surface area contributed by atoms with Crippen molar-refractivity contribution in [2.45, 2.75) is 19.5 Å². The van der Waals surface area contributed by atoms with Crippen molar-refractivity contribution in [3.63, 3.8) is 0 Å². The van der Waals surface area contributed by atoms with E-state index in [2.05, 4.69) is 34.8 Å². The molecule has 2 rings (SSSR count). The Kier molecular flexibility index (Phi) is 4.27. The quantitative estimate of drug-likeness (QED) is 0.820. The number of hydrogen-bond acceptors (Lipinski definition) is 4. The average Bonchev–Trinajstić information content (AvgIpc) is 2.34. The molecule has 4 nitrogen and oxygen atoms in total. The predicted molar refractivity (Wildman–Crippen MR) is 77.5 cm³/mol. The van der Waals surface area contributed by atoms with Gasteiger partial charge >= 0.3 is 0 Å². The van der Waals surface area contributed by atoms with E-state index >= 15 is 0 Å². The summed E-state index contributed by atoms with van der Waals surface area (Å²) in [6.45, 7) is 6.38. The molecule has 18 heavy (non-hydrogen) atoms. The van der Waals surface area contributed by atoms with E-state index in [4.69, 9.17) is 18.0 Å². The van der Waals surface area contributed by atoms with Crippen LogP contribution in [0.25, 0.3) is 0 Å². The molecule has 1 aliphatic heterocycles. The number of thiocarbonyl (C=S) groups is 1. The summed E-state index contributed by atoms with van der Waals surface area (Å²) in [6, 6.07) is 4.59. The topological polar surface area (TPSA) is 45.4 Å². The van der Waals surface area contributed by atoms with Gasteiger partial charge in [-0.3, -0.25) is 9.88 Å². The lowest BCUT2D eigenvalue weighted by molar-refractivity contribution is 0.0999. The second-order valence-corrected chi connectivity index (χ2v) is 5.38. The van der Waals surface area contributed by atoms with Gasteiger partial charge in [0, 0.05) is 38.4 Å². The van der Waals surface area contributed by atoms with E-state index in [1.54, 1.807) is 6.20 Å². The zero-order chi connectivity index (χ0) is 13.1. The maximum atomic E-state index is 5.71. The first-order valence-electron chi connectivity index (χ1n) is 6.24. The van der Waals surface area contributed by atoms with E-state index in [-0.39, 0.29) is 0 Å². The highest BCUT2D eigenvalue weighted by Gasteiger charge is 2.21. The molecule has 1 aromatic heterocycles. The fourth-order valence-electron chi connectivity index (χ4n) is 2.30. The third-order valence-electron chi connectivity index (χ3n) is 3.56. The molecule has 1 saturated heterocycles. The maximum Gasteiger partial charge on any atom is 0.123 e. The van der Waals surface area contributed by atoms with Gasteiger partial charge in [-0.25, -0.2) is 0 Å². The average molecular weight is 264 g/mol. The largest absolute Gasteiger partial charge is 0.388 e. The molecule has 1 aromatic rings. The lowest BCUT2D eigenvalue weighted by Gasteiger charge is -2.37. The van der Waals surface area contributed by atoms with Gasteiger partial charge in [0.2, 0.25) is 0 Å². The monoisotopic (exact) mass is 264 g/mol. The van der Waals surface area contributed by atoms with Gasteiger partial charge < -0.3 is 10.6 Å². The second kappa shape index (κ2) is 5.73. The van der Waals surface area contributed by atoms with Gasteiger partial charge in [0.25, 0.3) is 0 Å². The minimum atomic E-state index is 0.382. The fourth-order valence-corrected chi connectivity index (χ4v) is 2.48. The van der Waals surface area contributed by atoms with E-state index in [0.717, 1.165) is 37.4 Å². The van der Waals surface area contributed by atoms with Crippen LogP contribution < -0.4 is 5.73 Å². The van der Waals surface area contributed by atoms with Crippen molar-refractivity contribution in [2.75, 3.05) is 26.7 Å². The van der Waals surface area contributed by atoms with E-state index in [1.807, 2.05) is 6.07 Å². The summed E-state index contributed by atoms with van der Waals surface area (Å²) in [5, 5.41) is 0. The van der Waals surface area contributed by atoms with Crippen LogP contribution in [0.5, 0.6) is 0 Å². The standard InChI is InChI=1S/C13H20N4S/c1-10-8-17(7-6-16(10)2)9-11-4-3-5-15-12(11)13(14)18/h3-5,10H,6-9H2,1-2H3,(H2,14,18). The van der Waals surface area contributed by atoms with Crippen molar-refractivity contribution < 1.29 is 0 Å². The number of piperazine rings is 1. The molecule has 1 aliphatic rings. The molecule has 0 aliphatic carbocycles. The SMILES string of the molecule is CC1CN(Cc2cccnc2C(N)=S)CCN1C. The van der Waals surface area contributed by atoms with Gasteiger partial charge in [-0.05, 0) is 25.6 Å². The Bertz CT molecular complexity index is 435. The zero-order valence-electron chi connectivity index (χ0n) is 11.0. The third-order valence-corrected chi connectivity index (χ3v) is 3.76. The van der Waals surface area contributed by atoms with Gasteiger partial charge in [0.15, 0.2) is 0 Å². The molecule has 0 amide bonds. The molecule has 0 saturated carbocycles. The van der Waals surface area contributed by atoms with Crippen molar-refractivity contribution in [3.05, 3.63) is 29.6 Å². The molecule has 0 aromatic carbocycles. The number of likely N-dealkylation sites (N-methyl/N-ethyl adjacent to an activating group) is 1. The van der Waals surface area contributed by atoms with Gasteiger partial charge in [0.1, 0.15) is 10.7 Å². The Morgan fingerprint density at radius 3 is 3.00 bits per heavy atom. The first-order valence-corrected chi connectivity index (χ1v) is 6.65. The number of aromatic nitrogens is 1. The van der Waals surface area contributed by atoms with Gasteiger partial charge in [0.05, 0.1) is 0 Å². The van der Waals surface area contributed by atoms with Crippen molar-refractivity contribution >= 4 is 17.2 Å². The second-order valence-electron chi connectivity index (χ2n) is 4.94. The van der Waals surface area contributed by atoms with Crippen LogP contribution in [0.4, 0.5) is 0 Å². The number of rotatable bonds is 3. The molecule has 0 radical (unpaired) electrons. The van der Waals surface area contributed by atoms with Crippen LogP contribution in [0, 0.1) is 0 Å². The van der Waals surface area contributed by atoms with E-state index in [1.165, 1.54) is 0 Å². The lowest BCUT2D eigenvalue weighted by atomic mass is 10.1. The molecular weight excluding hydrogens is 244 g/mol. The van der Waals surface area contributed by atoms with Crippen LogP contribution in [-0.2, 0) is 6.54 Å². The molecule has 5 heteroatoms. The highest BCUT2D eigenvalue weighted by molar-refractivity contribution is 7.80. The summed E-state index contributed by atoms with van der Waals surface area (Å²) in [6.07, 6.45) is 1.74. The molecule has 2 N–H and O–H groups in total. The molecule has 1 unspecified atom stereocenters. The van der Waals surface area contributed by atoms with Gasteiger partial charge in [-0.2, -0.15) is 0 Å². The van der Waals surface area contributed by atoms with Gasteiger partial charge in [-0.15, -0.1) is 0 Å². The van der Waals surface area contributed by atoms with E-state index in [9.17, 15) is 0 Å². The van der Waals surface area contributed by atoms with Crippen molar-refractivity contribution in [1.29, 1.82) is 0 Å². The van der Waals surface area contributed by atoms with Crippen molar-refractivity contribution in [2.24, 2.45) is 5.73 Å². The molecule has 0 spiro atoms. The Morgan fingerprint density at radius 1 is 1.56 bits per heavy atom. The highest BCUT2D eigenvalue weighted by Crippen LogP contribution is 2.13. The Hall–Kier alpha value is -1.04. The first-order chi connectivity index (χ1) is 8.58. The zero-order valence-corrected chi connectivity index (χ0v) is 11.8. The van der Waals surface area contributed by atoms with E-state index in [0.29, 0.717) is 11.0 Å². The summed E-state index contributed by atoms with van der Waals surface area (Å²) in [5.74, 6) is 0. The van der Waals surface area contributed by atoms with E-state index < -0.39 is 0 Å². The fraction of sp³-hybridized carbons (Fsp3) is 0.538. The van der Waals surface area contributed by atoms with Crippen LogP contribution in [-0.4, -0.2) is 52.5 Å². The molecule has 1 atom stereocenters. The van der Waals surface area contributed by atoms with Crippen LogP contribution in [0.2, 0.25) is 0 Å². The predicted octanol–water partition coefficient (Wildman–Crippen LogP) is 0.852. The first kappa shape index (κ1) is 13.4. The number of hydrogen-bond donors (Lipinski definition) is 1. The molecular formula is C13H20N4S. The summed E-state index contributed by atoms with van der Waals surface area (Å²) < 4.78 is 0. The molecule has 98 valence electrons. The van der Waals surface area contributed by atoms with Crippen molar-refractivity contribution in [1.82, 2.24) is 14.8 Å². The van der Waals surface area contributed by atoms with Crippen LogP contribution in [0.3, 0.4) is 0 Å². The minimum Gasteiger partial charge on any atom is -0.388 e. The van der Waals surface area contributed by atoms with Gasteiger partial charge in [-0.1, -0.05) is 18.3 Å². The number of nitrogens with two attached hydrogens (primary N) is 1. The maximum absolute atomic E-state index is 5.71. The summed E-state index contributed by atoms with van der Waals surface area (Å²) >= 11 is 5.05. The van der Waals surface area contributed by atoms with Crippen LogP contribution in [0.15, 0.2) is 18.3 Å².